The Bertz CT molecular complexity index is 1470. The first-order chi connectivity index (χ1) is 17.5. The number of nitrogens with zero attached hydrogens (tertiary/aromatic N) is 1. The number of aryl methyl sites for hydroxylation is 2. The van der Waals surface area contributed by atoms with Crippen LogP contribution in [0.15, 0.2) is 79.1 Å². The van der Waals surface area contributed by atoms with Gasteiger partial charge in [0.25, 0.3) is 0 Å². The number of carbonyl (C=O) groups is 2. The van der Waals surface area contributed by atoms with Gasteiger partial charge in [-0.1, -0.05) is 48.0 Å². The standard InChI is InChI=1S/C28H27N3O3/c1-18-3-10-25(19(2)13-18)28(33)34-17-20-4-6-21(7-5-20)26(15-29)27(32)31-24-9-8-23-16-30-12-11-22(23)14-24/h3-14,16,26H,15,17,29H2,1-2H3,(H,31,32)/t26-/m1/s1/i15D2,16D. The van der Waals surface area contributed by atoms with Gasteiger partial charge in [-0.3, -0.25) is 9.78 Å². The van der Waals surface area contributed by atoms with Crippen LogP contribution in [0.3, 0.4) is 0 Å². The van der Waals surface area contributed by atoms with E-state index in [0.717, 1.165) is 16.5 Å². The minimum Gasteiger partial charge on any atom is -0.457 e. The van der Waals surface area contributed by atoms with Crippen LogP contribution in [-0.2, 0) is 16.1 Å². The highest BCUT2D eigenvalue weighted by Crippen LogP contribution is 2.22. The molecule has 1 heterocycles. The van der Waals surface area contributed by atoms with Gasteiger partial charge in [-0.05, 0) is 60.2 Å². The van der Waals surface area contributed by atoms with E-state index in [0.29, 0.717) is 27.8 Å². The summed E-state index contributed by atoms with van der Waals surface area (Å²) in [7, 11) is 0. The first-order valence-corrected chi connectivity index (χ1v) is 10.8. The third-order valence-corrected chi connectivity index (χ3v) is 5.55. The Morgan fingerprint density at radius 2 is 1.85 bits per heavy atom. The van der Waals surface area contributed by atoms with Crippen LogP contribution in [0.2, 0.25) is 0 Å². The summed E-state index contributed by atoms with van der Waals surface area (Å²) in [5.41, 5.74) is 9.69. The summed E-state index contributed by atoms with van der Waals surface area (Å²) >= 11 is 0. The first-order valence-electron chi connectivity index (χ1n) is 12.3. The van der Waals surface area contributed by atoms with E-state index in [2.05, 4.69) is 10.3 Å². The van der Waals surface area contributed by atoms with Crippen molar-refractivity contribution in [2.24, 2.45) is 5.73 Å². The van der Waals surface area contributed by atoms with Gasteiger partial charge in [-0.2, -0.15) is 0 Å². The minimum absolute atomic E-state index is 0.0305. The highest BCUT2D eigenvalue weighted by Gasteiger charge is 2.19. The zero-order chi connectivity index (χ0) is 26.7. The number of rotatable bonds is 7. The highest BCUT2D eigenvalue weighted by atomic mass is 16.5. The van der Waals surface area contributed by atoms with E-state index in [9.17, 15) is 9.59 Å². The molecule has 34 heavy (non-hydrogen) atoms. The summed E-state index contributed by atoms with van der Waals surface area (Å²) in [6.45, 7) is 1.50. The van der Waals surface area contributed by atoms with Crippen molar-refractivity contribution in [3.63, 3.8) is 0 Å². The second-order valence-electron chi connectivity index (χ2n) is 8.08. The summed E-state index contributed by atoms with van der Waals surface area (Å²) in [6.07, 6.45) is 1.64. The normalized spacial score (nSPS) is 13.4. The number of amides is 1. The minimum atomic E-state index is -2.34. The van der Waals surface area contributed by atoms with Gasteiger partial charge in [0.1, 0.15) is 6.61 Å². The van der Waals surface area contributed by atoms with Gasteiger partial charge in [-0.15, -0.1) is 0 Å². The Labute approximate surface area is 203 Å². The summed E-state index contributed by atoms with van der Waals surface area (Å²) in [5, 5.41) is 4.10. The number of esters is 1. The second-order valence-corrected chi connectivity index (χ2v) is 8.08. The molecule has 0 radical (unpaired) electrons. The van der Waals surface area contributed by atoms with Crippen LogP contribution in [0.1, 0.15) is 42.6 Å². The molecule has 0 aliphatic rings. The molecule has 0 fully saturated rings. The van der Waals surface area contributed by atoms with Gasteiger partial charge in [0.05, 0.1) is 12.9 Å². The third kappa shape index (κ3) is 5.30. The van der Waals surface area contributed by atoms with E-state index in [1.54, 1.807) is 54.6 Å². The Kier molecular flexibility index (Phi) is 5.87. The number of carbonyl (C=O) groups excluding carboxylic acids is 2. The van der Waals surface area contributed by atoms with Gasteiger partial charge in [0.15, 0.2) is 0 Å². The van der Waals surface area contributed by atoms with Gasteiger partial charge < -0.3 is 15.8 Å². The smallest absolute Gasteiger partial charge is 0.338 e. The summed E-state index contributed by atoms with van der Waals surface area (Å²) in [6, 6.07) is 18.8. The van der Waals surface area contributed by atoms with E-state index in [1.165, 1.54) is 6.20 Å². The number of ether oxygens (including phenoxy) is 1. The molecular weight excluding hydrogens is 426 g/mol. The molecule has 3 aromatic carbocycles. The highest BCUT2D eigenvalue weighted by molar-refractivity contribution is 5.98. The quantitative estimate of drug-likeness (QED) is 0.386. The molecular formula is C28H27N3O3. The lowest BCUT2D eigenvalue weighted by molar-refractivity contribution is -0.117. The molecule has 0 unspecified atom stereocenters. The molecule has 0 aliphatic heterocycles. The van der Waals surface area contributed by atoms with E-state index < -0.39 is 24.3 Å². The van der Waals surface area contributed by atoms with E-state index in [4.69, 9.17) is 14.6 Å². The van der Waals surface area contributed by atoms with Gasteiger partial charge >= 0.3 is 5.97 Å². The van der Waals surface area contributed by atoms with Crippen molar-refractivity contribution in [3.05, 3.63) is 107 Å². The van der Waals surface area contributed by atoms with Crippen molar-refractivity contribution >= 4 is 28.3 Å². The fraction of sp³-hybridized carbons (Fsp3) is 0.179. The number of aromatic nitrogens is 1. The van der Waals surface area contributed by atoms with Crippen LogP contribution in [-0.4, -0.2) is 23.4 Å². The SMILES string of the molecule is [2H]c1nccc2cc(NC(=O)[C@@H](c3ccc(COC(=O)c4ccc(C)cc4C)cc3)C([2H])([2H])N)ccc12. The summed E-state index contributed by atoms with van der Waals surface area (Å²) in [4.78, 5) is 29.5. The number of hydrogen-bond donors (Lipinski definition) is 2. The lowest BCUT2D eigenvalue weighted by atomic mass is 9.97. The Hall–Kier alpha value is -4.03. The first kappa shape index (κ1) is 19.4. The van der Waals surface area contributed by atoms with Crippen LogP contribution >= 0.6 is 0 Å². The molecule has 0 spiro atoms. The summed E-state index contributed by atoms with van der Waals surface area (Å²) in [5.74, 6) is -2.33. The van der Waals surface area contributed by atoms with Crippen LogP contribution in [0, 0.1) is 13.8 Å². The zero-order valence-electron chi connectivity index (χ0n) is 22.0. The van der Waals surface area contributed by atoms with Crippen molar-refractivity contribution in [3.8, 4) is 0 Å². The number of fused-ring (bicyclic) bond motifs is 1. The molecule has 1 atom stereocenters. The zero-order valence-corrected chi connectivity index (χ0v) is 19.0. The lowest BCUT2D eigenvalue weighted by Gasteiger charge is -2.16. The number of nitrogens with two attached hydrogens (primary N) is 1. The van der Waals surface area contributed by atoms with Crippen LogP contribution in [0.4, 0.5) is 5.69 Å². The number of benzene rings is 3. The maximum atomic E-state index is 13.1. The molecule has 0 saturated carbocycles. The molecule has 0 bridgehead atoms. The van der Waals surface area contributed by atoms with E-state index in [-0.39, 0.29) is 12.8 Å². The Morgan fingerprint density at radius 3 is 2.59 bits per heavy atom. The van der Waals surface area contributed by atoms with Crippen LogP contribution < -0.4 is 11.1 Å². The molecule has 172 valence electrons. The Balaban J connectivity index is 1.47. The molecule has 1 aromatic heterocycles. The average Bonchev–Trinajstić information content (AvgIpc) is 2.82. The summed E-state index contributed by atoms with van der Waals surface area (Å²) < 4.78 is 29.5. The topological polar surface area (TPSA) is 94.3 Å². The van der Waals surface area contributed by atoms with Crippen molar-refractivity contribution in [1.82, 2.24) is 4.98 Å². The third-order valence-electron chi connectivity index (χ3n) is 5.55. The van der Waals surface area contributed by atoms with Crippen LogP contribution in [0.5, 0.6) is 0 Å². The second kappa shape index (κ2) is 10.3. The van der Waals surface area contributed by atoms with Crippen molar-refractivity contribution < 1.29 is 18.4 Å². The molecule has 6 heteroatoms. The lowest BCUT2D eigenvalue weighted by Crippen LogP contribution is -2.27. The number of pyridine rings is 1. The van der Waals surface area contributed by atoms with Crippen molar-refractivity contribution in [2.45, 2.75) is 26.4 Å². The van der Waals surface area contributed by atoms with Gasteiger partial charge in [0.2, 0.25) is 5.91 Å². The van der Waals surface area contributed by atoms with Crippen LogP contribution in [0.25, 0.3) is 10.8 Å². The fourth-order valence-electron chi connectivity index (χ4n) is 3.72. The molecule has 6 nitrogen and oxygen atoms in total. The predicted octanol–water partition coefficient (Wildman–Crippen LogP) is 4.89. The fourth-order valence-corrected chi connectivity index (χ4v) is 3.72. The molecule has 4 rings (SSSR count). The van der Waals surface area contributed by atoms with Crippen molar-refractivity contribution in [2.75, 3.05) is 11.8 Å². The predicted molar refractivity (Wildman–Crippen MR) is 134 cm³/mol. The largest absolute Gasteiger partial charge is 0.457 e. The molecule has 1 amide bonds. The van der Waals surface area contributed by atoms with Crippen molar-refractivity contribution in [1.29, 1.82) is 0 Å². The number of hydrogen-bond acceptors (Lipinski definition) is 5. The molecule has 0 aliphatic carbocycles. The monoisotopic (exact) mass is 456 g/mol. The maximum absolute atomic E-state index is 13.1. The van der Waals surface area contributed by atoms with Gasteiger partial charge in [0, 0.05) is 32.7 Å². The van der Waals surface area contributed by atoms with E-state index in [1.807, 2.05) is 26.0 Å². The van der Waals surface area contributed by atoms with Gasteiger partial charge in [-0.25, -0.2) is 4.79 Å². The molecule has 0 saturated heterocycles. The molecule has 3 N–H and O–H groups in total. The maximum Gasteiger partial charge on any atom is 0.338 e. The number of nitrogens with one attached hydrogen (secondary N) is 1. The average molecular weight is 457 g/mol. The number of anilines is 1. The Morgan fingerprint density at radius 1 is 1.06 bits per heavy atom. The van der Waals surface area contributed by atoms with E-state index >= 15 is 0 Å². The molecule has 4 aromatic rings.